The van der Waals surface area contributed by atoms with Crippen LogP contribution in [-0.4, -0.2) is 17.6 Å². The molecule has 0 aromatic heterocycles. The molecular weight excluding hydrogens is 409 g/mol. The molecule has 1 unspecified atom stereocenters. The first-order chi connectivity index (χ1) is 13.4. The highest BCUT2D eigenvalue weighted by Crippen LogP contribution is 2.24. The fraction of sp³-hybridized carbons (Fsp3) is 0.522. The van der Waals surface area contributed by atoms with Gasteiger partial charge in [0.05, 0.1) is 11.6 Å². The van der Waals surface area contributed by atoms with Gasteiger partial charge in [0.1, 0.15) is 5.75 Å². The highest BCUT2D eigenvalue weighted by molar-refractivity contribution is 7.80. The van der Waals surface area contributed by atoms with Gasteiger partial charge in [-0.25, -0.2) is 0 Å². The lowest BCUT2D eigenvalue weighted by atomic mass is 10.1. The van der Waals surface area contributed by atoms with E-state index in [2.05, 4.69) is 38.2 Å². The summed E-state index contributed by atoms with van der Waals surface area (Å²) < 4.78 is 5.69. The number of hydrogen-bond acceptors (Lipinski definition) is 2. The Kier molecular flexibility index (Phi) is 13.3. The average molecular weight is 442 g/mol. The van der Waals surface area contributed by atoms with Gasteiger partial charge < -0.3 is 10.1 Å². The van der Waals surface area contributed by atoms with Crippen LogP contribution in [0.4, 0.5) is 0 Å². The van der Waals surface area contributed by atoms with Crippen LogP contribution in [-0.2, 0) is 0 Å². The lowest BCUT2D eigenvalue weighted by Crippen LogP contribution is -2.33. The predicted molar refractivity (Wildman–Crippen MR) is 128 cm³/mol. The summed E-state index contributed by atoms with van der Waals surface area (Å²) in [7, 11) is 0. The topological polar surface area (TPSA) is 21.3 Å². The van der Waals surface area contributed by atoms with E-state index in [0.717, 1.165) is 23.6 Å². The molecule has 0 fully saturated rings. The number of rotatable bonds is 13. The molecule has 156 valence electrons. The van der Waals surface area contributed by atoms with Crippen LogP contribution >= 0.6 is 35.4 Å². The van der Waals surface area contributed by atoms with E-state index in [4.69, 9.17) is 40.2 Å². The van der Waals surface area contributed by atoms with Crippen molar-refractivity contribution in [2.45, 2.75) is 65.3 Å². The van der Waals surface area contributed by atoms with E-state index in [-0.39, 0.29) is 0 Å². The van der Waals surface area contributed by atoms with Gasteiger partial charge >= 0.3 is 0 Å². The number of nitrogens with one attached hydrogen (secondary N) is 1. The molecule has 1 N–H and O–H groups in total. The number of thiocarbonyl (C=S) groups is 1. The van der Waals surface area contributed by atoms with Crippen molar-refractivity contribution in [3.63, 3.8) is 0 Å². The van der Waals surface area contributed by atoms with Crippen LogP contribution in [0, 0.1) is 5.92 Å². The van der Waals surface area contributed by atoms with Crippen molar-refractivity contribution in [1.29, 1.82) is 0 Å². The minimum Gasteiger partial charge on any atom is -0.493 e. The summed E-state index contributed by atoms with van der Waals surface area (Å²) in [5, 5.41) is 4.53. The fourth-order valence-corrected chi connectivity index (χ4v) is 3.22. The maximum absolute atomic E-state index is 5.96. The summed E-state index contributed by atoms with van der Waals surface area (Å²) in [4.78, 5) is 0.799. The summed E-state index contributed by atoms with van der Waals surface area (Å²) in [5.74, 6) is 1.31. The van der Waals surface area contributed by atoms with Crippen LogP contribution in [0.1, 0.15) is 59.3 Å². The number of hydrogen-bond donors (Lipinski definition) is 1. The smallest absolute Gasteiger partial charge is 0.122 e. The zero-order valence-corrected chi connectivity index (χ0v) is 19.5. The van der Waals surface area contributed by atoms with E-state index in [0.29, 0.717) is 28.6 Å². The maximum Gasteiger partial charge on any atom is 0.122 e. The minimum atomic E-state index is 0.398. The third kappa shape index (κ3) is 12.4. The maximum atomic E-state index is 5.96. The molecule has 0 aliphatic carbocycles. The Balaban J connectivity index is 2.00. The van der Waals surface area contributed by atoms with Gasteiger partial charge in [0.2, 0.25) is 0 Å². The molecule has 1 aromatic carbocycles. The summed E-state index contributed by atoms with van der Waals surface area (Å²) in [5.41, 5.74) is 0. The predicted octanol–water partition coefficient (Wildman–Crippen LogP) is 7.79. The van der Waals surface area contributed by atoms with Crippen molar-refractivity contribution in [2.75, 3.05) is 6.61 Å². The van der Waals surface area contributed by atoms with Gasteiger partial charge in [-0.15, -0.1) is 0 Å². The van der Waals surface area contributed by atoms with E-state index < -0.39 is 0 Å². The molecule has 5 heteroatoms. The molecule has 0 aliphatic heterocycles. The summed E-state index contributed by atoms with van der Waals surface area (Å²) in [6.07, 6.45) is 15.3. The molecule has 0 heterocycles. The van der Waals surface area contributed by atoms with E-state index in [1.54, 1.807) is 18.2 Å². The molecule has 28 heavy (non-hydrogen) atoms. The van der Waals surface area contributed by atoms with Crippen molar-refractivity contribution in [2.24, 2.45) is 5.92 Å². The van der Waals surface area contributed by atoms with Crippen molar-refractivity contribution >= 4 is 40.4 Å². The second-order valence-electron chi connectivity index (χ2n) is 7.34. The Morgan fingerprint density at radius 2 is 1.64 bits per heavy atom. The third-order valence-electron chi connectivity index (χ3n) is 4.48. The number of benzene rings is 1. The Morgan fingerprint density at radius 1 is 1.00 bits per heavy atom. The first-order valence-corrected chi connectivity index (χ1v) is 11.3. The first-order valence-electron chi connectivity index (χ1n) is 10.1. The van der Waals surface area contributed by atoms with Crippen molar-refractivity contribution in [3.05, 3.63) is 52.5 Å². The fourth-order valence-electron chi connectivity index (χ4n) is 2.45. The first kappa shape index (κ1) is 25.0. The van der Waals surface area contributed by atoms with E-state index in [9.17, 15) is 0 Å². The number of unbranched alkanes of at least 4 members (excludes halogenated alkanes) is 5. The van der Waals surface area contributed by atoms with Crippen LogP contribution in [0.15, 0.2) is 42.5 Å². The molecule has 0 amide bonds. The van der Waals surface area contributed by atoms with E-state index in [1.807, 2.05) is 12.2 Å². The molecule has 1 atom stereocenters. The molecule has 2 nitrogen and oxygen atoms in total. The van der Waals surface area contributed by atoms with Gasteiger partial charge in [-0.05, 0) is 56.4 Å². The molecule has 0 aliphatic rings. The third-order valence-corrected chi connectivity index (χ3v) is 5.18. The van der Waals surface area contributed by atoms with Crippen molar-refractivity contribution in [1.82, 2.24) is 5.32 Å². The Labute approximate surface area is 186 Å². The highest BCUT2D eigenvalue weighted by atomic mass is 35.5. The average Bonchev–Trinajstić information content (AvgIpc) is 2.61. The van der Waals surface area contributed by atoms with Crippen LogP contribution in [0.25, 0.3) is 0 Å². The number of halogens is 2. The quantitative estimate of drug-likeness (QED) is 0.146. The van der Waals surface area contributed by atoms with Gasteiger partial charge in [0.15, 0.2) is 0 Å². The van der Waals surface area contributed by atoms with Gasteiger partial charge in [-0.1, -0.05) is 86.8 Å². The number of allylic oxidation sites excluding steroid dienone is 3. The molecule has 0 saturated carbocycles. The van der Waals surface area contributed by atoms with Crippen LogP contribution in [0.5, 0.6) is 5.75 Å². The minimum absolute atomic E-state index is 0.398. The Hall–Kier alpha value is -1.03. The standard InChI is InChI=1S/C23H33Cl2NOS/c1-18(2)19(3)26-23(28)13-11-9-7-5-4-6-8-10-12-14-27-22-16-20(24)15-21(25)17-22/h7,9,11,13,15-19H,4-6,8,10,12,14H2,1-3H3,(H,26,28). The molecule has 0 bridgehead atoms. The number of ether oxygens (including phenoxy) is 1. The zero-order valence-electron chi connectivity index (χ0n) is 17.2. The van der Waals surface area contributed by atoms with Crippen molar-refractivity contribution < 1.29 is 4.74 Å². The largest absolute Gasteiger partial charge is 0.493 e. The lowest BCUT2D eigenvalue weighted by molar-refractivity contribution is 0.304. The second-order valence-corrected chi connectivity index (χ2v) is 8.65. The van der Waals surface area contributed by atoms with Crippen molar-refractivity contribution in [3.8, 4) is 5.75 Å². The monoisotopic (exact) mass is 441 g/mol. The highest BCUT2D eigenvalue weighted by Gasteiger charge is 2.05. The second kappa shape index (κ2) is 14.9. The van der Waals surface area contributed by atoms with Crippen LogP contribution < -0.4 is 10.1 Å². The molecule has 0 radical (unpaired) electrons. The molecule has 1 rings (SSSR count). The van der Waals surface area contributed by atoms with Crippen LogP contribution in [0.2, 0.25) is 10.0 Å². The van der Waals surface area contributed by atoms with Crippen LogP contribution in [0.3, 0.4) is 0 Å². The SMILES string of the molecule is CC(C)C(C)NC(=S)C=CC=CCCCCCCCOc1cc(Cl)cc(Cl)c1. The summed E-state index contributed by atoms with van der Waals surface area (Å²) >= 11 is 17.2. The Bertz CT molecular complexity index is 623. The normalized spacial score (nSPS) is 12.8. The Morgan fingerprint density at radius 3 is 2.32 bits per heavy atom. The summed E-state index contributed by atoms with van der Waals surface area (Å²) in [6, 6.07) is 5.69. The van der Waals surface area contributed by atoms with Gasteiger partial charge in [-0.2, -0.15) is 0 Å². The lowest BCUT2D eigenvalue weighted by Gasteiger charge is -2.17. The van der Waals surface area contributed by atoms with Gasteiger partial charge in [-0.3, -0.25) is 0 Å². The van der Waals surface area contributed by atoms with Gasteiger partial charge in [0.25, 0.3) is 0 Å². The summed E-state index contributed by atoms with van der Waals surface area (Å²) in [6.45, 7) is 7.23. The molecule has 0 spiro atoms. The molecular formula is C23H33Cl2NOS. The molecule has 1 aromatic rings. The van der Waals surface area contributed by atoms with E-state index in [1.165, 1.54) is 25.7 Å². The van der Waals surface area contributed by atoms with E-state index >= 15 is 0 Å². The zero-order chi connectivity index (χ0) is 20.8. The molecule has 0 saturated heterocycles. The van der Waals surface area contributed by atoms with Gasteiger partial charge in [0, 0.05) is 16.1 Å².